The molecule has 1 amide bonds. The molecule has 0 aromatic heterocycles. The molecule has 1 aromatic carbocycles. The minimum absolute atomic E-state index is 0.0374. The summed E-state index contributed by atoms with van der Waals surface area (Å²) in [5.74, 6) is -1.46. The first kappa shape index (κ1) is 20.6. The van der Waals surface area contributed by atoms with Gasteiger partial charge in [0, 0.05) is 6.42 Å². The minimum atomic E-state index is -4.46. The first-order valence-corrected chi connectivity index (χ1v) is 7.55. The van der Waals surface area contributed by atoms with Gasteiger partial charge >= 0.3 is 12.1 Å². The highest BCUT2D eigenvalue weighted by molar-refractivity contribution is 5.83. The molecule has 9 heteroatoms. The Morgan fingerprint density at radius 1 is 1.28 bits per heavy atom. The van der Waals surface area contributed by atoms with Gasteiger partial charge < -0.3 is 19.9 Å². The van der Waals surface area contributed by atoms with E-state index in [0.717, 1.165) is 0 Å². The molecule has 0 heterocycles. The number of amides is 1. The topological polar surface area (TPSA) is 84.9 Å². The van der Waals surface area contributed by atoms with Gasteiger partial charge in [0.25, 0.3) is 0 Å². The Labute approximate surface area is 142 Å². The lowest BCUT2D eigenvalue weighted by Crippen LogP contribution is -2.40. The first-order chi connectivity index (χ1) is 11.7. The zero-order valence-electron chi connectivity index (χ0n) is 13.9. The number of ether oxygens (including phenoxy) is 2. The van der Waals surface area contributed by atoms with Gasteiger partial charge in [0.15, 0.2) is 18.1 Å². The van der Waals surface area contributed by atoms with Gasteiger partial charge in [0.2, 0.25) is 5.91 Å². The van der Waals surface area contributed by atoms with Crippen LogP contribution in [0.2, 0.25) is 0 Å². The van der Waals surface area contributed by atoms with Crippen LogP contribution in [-0.4, -0.2) is 42.9 Å². The highest BCUT2D eigenvalue weighted by Gasteiger charge is 2.29. The Morgan fingerprint density at radius 2 is 1.96 bits per heavy atom. The molecule has 0 bridgehead atoms. The number of nitrogens with one attached hydrogen (secondary N) is 1. The third kappa shape index (κ3) is 7.32. The van der Waals surface area contributed by atoms with Crippen molar-refractivity contribution in [2.24, 2.45) is 0 Å². The molecule has 1 unspecified atom stereocenters. The van der Waals surface area contributed by atoms with Crippen molar-refractivity contribution >= 4 is 11.9 Å². The van der Waals surface area contributed by atoms with Gasteiger partial charge in [-0.3, -0.25) is 4.79 Å². The van der Waals surface area contributed by atoms with Crippen molar-refractivity contribution < 1.29 is 37.3 Å². The van der Waals surface area contributed by atoms with Crippen LogP contribution in [-0.2, 0) is 16.0 Å². The molecule has 0 aliphatic heterocycles. The van der Waals surface area contributed by atoms with Crippen molar-refractivity contribution in [1.82, 2.24) is 5.32 Å². The smallest absolute Gasteiger partial charge is 0.422 e. The van der Waals surface area contributed by atoms with Crippen molar-refractivity contribution in [3.8, 4) is 11.5 Å². The molecule has 0 aliphatic carbocycles. The molecule has 2 N–H and O–H groups in total. The summed E-state index contributed by atoms with van der Waals surface area (Å²) < 4.78 is 46.3. The molecule has 0 fully saturated rings. The van der Waals surface area contributed by atoms with E-state index in [1.807, 2.05) is 0 Å². The Balaban J connectivity index is 2.65. The van der Waals surface area contributed by atoms with E-state index >= 15 is 0 Å². The first-order valence-electron chi connectivity index (χ1n) is 7.55. The Bertz CT molecular complexity index is 604. The molecule has 1 atom stereocenters. The van der Waals surface area contributed by atoms with Crippen molar-refractivity contribution in [3.05, 3.63) is 23.8 Å². The number of hydrogen-bond acceptors (Lipinski definition) is 4. The van der Waals surface area contributed by atoms with Crippen LogP contribution in [0.1, 0.15) is 25.3 Å². The van der Waals surface area contributed by atoms with E-state index in [2.05, 4.69) is 10.1 Å². The fourth-order valence-electron chi connectivity index (χ4n) is 2.01. The molecule has 0 spiro atoms. The summed E-state index contributed by atoms with van der Waals surface area (Å²) in [6.07, 6.45) is -3.88. The fourth-order valence-corrected chi connectivity index (χ4v) is 2.01. The summed E-state index contributed by atoms with van der Waals surface area (Å²) in [5, 5.41) is 11.3. The van der Waals surface area contributed by atoms with Crippen LogP contribution in [0.15, 0.2) is 18.2 Å². The fraction of sp³-hybridized carbons (Fsp3) is 0.500. The highest BCUT2D eigenvalue weighted by Crippen LogP contribution is 2.30. The van der Waals surface area contributed by atoms with Gasteiger partial charge in [0.05, 0.1) is 7.11 Å². The van der Waals surface area contributed by atoms with Gasteiger partial charge in [-0.2, -0.15) is 13.2 Å². The Hall–Kier alpha value is -2.45. The highest BCUT2D eigenvalue weighted by atomic mass is 19.4. The van der Waals surface area contributed by atoms with Crippen molar-refractivity contribution in [1.29, 1.82) is 0 Å². The summed E-state index contributed by atoms with van der Waals surface area (Å²) in [4.78, 5) is 22.6. The van der Waals surface area contributed by atoms with Gasteiger partial charge in [-0.05, 0) is 30.5 Å². The van der Waals surface area contributed by atoms with E-state index in [1.54, 1.807) is 6.92 Å². The maximum absolute atomic E-state index is 12.2. The predicted octanol–water partition coefficient (Wildman–Crippen LogP) is 2.55. The molecular formula is C16H20F3NO5. The van der Waals surface area contributed by atoms with Crippen LogP contribution in [0, 0.1) is 0 Å². The van der Waals surface area contributed by atoms with Gasteiger partial charge in [0.1, 0.15) is 6.04 Å². The van der Waals surface area contributed by atoms with Crippen LogP contribution >= 0.6 is 0 Å². The zero-order chi connectivity index (χ0) is 19.0. The van der Waals surface area contributed by atoms with E-state index in [9.17, 15) is 22.8 Å². The lowest BCUT2D eigenvalue weighted by Gasteiger charge is -2.14. The standard InChI is InChI=1S/C16H20F3NO5/c1-3-11(15(22)23)20-14(21)7-5-10-4-6-12(13(8-10)24-2)25-9-16(17,18)19/h4,6,8,11H,3,5,7,9H2,1-2H3,(H,20,21)(H,22,23). The van der Waals surface area contributed by atoms with Crippen LogP contribution in [0.3, 0.4) is 0 Å². The molecule has 0 saturated carbocycles. The molecule has 0 radical (unpaired) electrons. The maximum atomic E-state index is 12.2. The van der Waals surface area contributed by atoms with Crippen molar-refractivity contribution in [3.63, 3.8) is 0 Å². The molecule has 0 aliphatic rings. The number of alkyl halides is 3. The summed E-state index contributed by atoms with van der Waals surface area (Å²) in [5.41, 5.74) is 0.648. The van der Waals surface area contributed by atoms with E-state index < -0.39 is 30.7 Å². The number of rotatable bonds is 9. The lowest BCUT2D eigenvalue weighted by atomic mass is 10.1. The molecular weight excluding hydrogens is 343 g/mol. The molecule has 25 heavy (non-hydrogen) atoms. The number of benzene rings is 1. The minimum Gasteiger partial charge on any atom is -0.493 e. The maximum Gasteiger partial charge on any atom is 0.422 e. The number of carbonyl (C=O) groups excluding carboxylic acids is 1. The number of carbonyl (C=O) groups is 2. The number of aryl methyl sites for hydroxylation is 1. The van der Waals surface area contributed by atoms with Crippen LogP contribution in [0.5, 0.6) is 11.5 Å². The molecule has 1 rings (SSSR count). The van der Waals surface area contributed by atoms with Gasteiger partial charge in [-0.25, -0.2) is 4.79 Å². The number of carboxylic acid groups (broad SMARTS) is 1. The van der Waals surface area contributed by atoms with E-state index in [1.165, 1.54) is 25.3 Å². The summed E-state index contributed by atoms with van der Waals surface area (Å²) in [6.45, 7) is 0.211. The molecule has 6 nitrogen and oxygen atoms in total. The zero-order valence-corrected chi connectivity index (χ0v) is 13.9. The Kier molecular flexibility index (Phi) is 7.53. The van der Waals surface area contributed by atoms with Crippen LogP contribution < -0.4 is 14.8 Å². The largest absolute Gasteiger partial charge is 0.493 e. The van der Waals surface area contributed by atoms with E-state index in [-0.39, 0.29) is 30.8 Å². The van der Waals surface area contributed by atoms with Crippen molar-refractivity contribution in [2.45, 2.75) is 38.4 Å². The number of halogens is 3. The second kappa shape index (κ2) is 9.14. The third-order valence-electron chi connectivity index (χ3n) is 3.30. The number of hydrogen-bond donors (Lipinski definition) is 2. The monoisotopic (exact) mass is 363 g/mol. The lowest BCUT2D eigenvalue weighted by molar-refractivity contribution is -0.153. The van der Waals surface area contributed by atoms with E-state index in [0.29, 0.717) is 5.56 Å². The third-order valence-corrected chi connectivity index (χ3v) is 3.30. The van der Waals surface area contributed by atoms with Crippen LogP contribution in [0.4, 0.5) is 13.2 Å². The second-order valence-electron chi connectivity index (χ2n) is 5.26. The SMILES string of the molecule is CCC(NC(=O)CCc1ccc(OCC(F)(F)F)c(OC)c1)C(=O)O. The summed E-state index contributed by atoms with van der Waals surface area (Å²) in [6, 6.07) is 3.40. The summed E-state index contributed by atoms with van der Waals surface area (Å²) >= 11 is 0. The number of carboxylic acids is 1. The average molecular weight is 363 g/mol. The molecule has 140 valence electrons. The normalized spacial score (nSPS) is 12.4. The Morgan fingerprint density at radius 3 is 2.48 bits per heavy atom. The second-order valence-corrected chi connectivity index (χ2v) is 5.26. The van der Waals surface area contributed by atoms with Crippen molar-refractivity contribution in [2.75, 3.05) is 13.7 Å². The average Bonchev–Trinajstić information content (AvgIpc) is 2.55. The predicted molar refractivity (Wildman–Crippen MR) is 82.7 cm³/mol. The molecule has 0 saturated heterocycles. The van der Waals surface area contributed by atoms with Gasteiger partial charge in [-0.15, -0.1) is 0 Å². The number of aliphatic carboxylic acids is 1. The summed E-state index contributed by atoms with van der Waals surface area (Å²) in [7, 11) is 1.30. The van der Waals surface area contributed by atoms with Crippen LogP contribution in [0.25, 0.3) is 0 Å². The van der Waals surface area contributed by atoms with E-state index in [4.69, 9.17) is 9.84 Å². The van der Waals surface area contributed by atoms with Gasteiger partial charge in [-0.1, -0.05) is 13.0 Å². The molecule has 1 aromatic rings. The quantitative estimate of drug-likeness (QED) is 0.704. The number of methoxy groups -OCH3 is 1.